The van der Waals surface area contributed by atoms with Crippen LogP contribution in [0, 0.1) is 5.92 Å². The Morgan fingerprint density at radius 3 is 2.78 bits per heavy atom. The molecular weight excluding hydrogens is 318 g/mol. The predicted molar refractivity (Wildman–Crippen MR) is 73.8 cm³/mol. The van der Waals surface area contributed by atoms with E-state index >= 15 is 0 Å². The lowest BCUT2D eigenvalue weighted by atomic mass is 9.98. The van der Waals surface area contributed by atoms with Crippen molar-refractivity contribution in [1.82, 2.24) is 4.90 Å². The van der Waals surface area contributed by atoms with Gasteiger partial charge in [0.1, 0.15) is 5.78 Å². The van der Waals surface area contributed by atoms with Crippen LogP contribution in [0.25, 0.3) is 0 Å². The van der Waals surface area contributed by atoms with Crippen molar-refractivity contribution >= 4 is 39.2 Å². The van der Waals surface area contributed by atoms with Gasteiger partial charge in [-0.1, -0.05) is 34.5 Å². The first-order valence-corrected chi connectivity index (χ1v) is 6.92. The van der Waals surface area contributed by atoms with Crippen molar-refractivity contribution in [3.8, 4) is 0 Å². The first kappa shape index (κ1) is 13.6. The molecule has 1 aromatic carbocycles. The molecule has 1 unspecified atom stereocenters. The first-order chi connectivity index (χ1) is 8.47. The lowest BCUT2D eigenvalue weighted by Crippen LogP contribution is -2.43. The molecule has 0 saturated carbocycles. The molecule has 5 heteroatoms. The molecule has 18 heavy (non-hydrogen) atoms. The van der Waals surface area contributed by atoms with Crippen LogP contribution >= 0.6 is 27.5 Å². The van der Waals surface area contributed by atoms with E-state index in [1.54, 1.807) is 23.1 Å². The van der Waals surface area contributed by atoms with Crippen LogP contribution in [0.2, 0.25) is 5.02 Å². The van der Waals surface area contributed by atoms with Crippen molar-refractivity contribution in [3.05, 3.63) is 33.3 Å². The van der Waals surface area contributed by atoms with Crippen molar-refractivity contribution in [2.45, 2.75) is 13.3 Å². The zero-order valence-electron chi connectivity index (χ0n) is 9.95. The molecule has 1 amide bonds. The van der Waals surface area contributed by atoms with Crippen LogP contribution in [0.5, 0.6) is 0 Å². The van der Waals surface area contributed by atoms with E-state index in [1.165, 1.54) is 0 Å². The van der Waals surface area contributed by atoms with Gasteiger partial charge in [-0.2, -0.15) is 0 Å². The first-order valence-electron chi connectivity index (χ1n) is 5.75. The molecule has 1 heterocycles. The number of Topliss-reactive ketones (excluding diaryl/α,β-unsaturated/α-hetero) is 1. The fraction of sp³-hybridized carbons (Fsp3) is 0.385. The monoisotopic (exact) mass is 329 g/mol. The van der Waals surface area contributed by atoms with Gasteiger partial charge in [-0.15, -0.1) is 0 Å². The third-order valence-electron chi connectivity index (χ3n) is 3.07. The molecule has 1 aliphatic rings. The number of amides is 1. The van der Waals surface area contributed by atoms with Gasteiger partial charge in [-0.25, -0.2) is 0 Å². The second kappa shape index (κ2) is 5.41. The van der Waals surface area contributed by atoms with E-state index in [0.717, 1.165) is 4.47 Å². The van der Waals surface area contributed by atoms with Gasteiger partial charge in [0.15, 0.2) is 0 Å². The van der Waals surface area contributed by atoms with Gasteiger partial charge in [0, 0.05) is 40.5 Å². The number of hydrogen-bond acceptors (Lipinski definition) is 2. The highest BCUT2D eigenvalue weighted by atomic mass is 79.9. The van der Waals surface area contributed by atoms with E-state index in [2.05, 4.69) is 15.9 Å². The maximum absolute atomic E-state index is 12.3. The summed E-state index contributed by atoms with van der Waals surface area (Å²) in [4.78, 5) is 25.4. The van der Waals surface area contributed by atoms with Crippen molar-refractivity contribution in [3.63, 3.8) is 0 Å². The summed E-state index contributed by atoms with van der Waals surface area (Å²) in [5.74, 6) is 0.0780. The molecular formula is C13H13BrClNO2. The minimum atomic E-state index is -0.0784. The fourth-order valence-electron chi connectivity index (χ4n) is 2.06. The molecule has 0 radical (unpaired) electrons. The van der Waals surface area contributed by atoms with Crippen LogP contribution in [0.1, 0.15) is 23.7 Å². The average molecular weight is 331 g/mol. The van der Waals surface area contributed by atoms with E-state index in [9.17, 15) is 9.59 Å². The minimum Gasteiger partial charge on any atom is -0.337 e. The zero-order chi connectivity index (χ0) is 13.3. The average Bonchev–Trinajstić information content (AvgIpc) is 2.30. The number of carbonyl (C=O) groups is 2. The summed E-state index contributed by atoms with van der Waals surface area (Å²) in [6.07, 6.45) is 0.439. The molecule has 1 aliphatic heterocycles. The summed E-state index contributed by atoms with van der Waals surface area (Å²) in [6.45, 7) is 2.84. The van der Waals surface area contributed by atoms with Gasteiger partial charge >= 0.3 is 0 Å². The van der Waals surface area contributed by atoms with Crippen LogP contribution in [0.4, 0.5) is 0 Å². The predicted octanol–water partition coefficient (Wildman–Crippen LogP) is 3.15. The Morgan fingerprint density at radius 2 is 2.17 bits per heavy atom. The number of nitrogens with zero attached hydrogens (tertiary/aromatic N) is 1. The maximum atomic E-state index is 12.3. The summed E-state index contributed by atoms with van der Waals surface area (Å²) in [7, 11) is 0. The van der Waals surface area contributed by atoms with Gasteiger partial charge in [0.2, 0.25) is 0 Å². The number of halogens is 2. The lowest BCUT2D eigenvalue weighted by molar-refractivity contribution is -0.124. The molecule has 0 aromatic heterocycles. The van der Waals surface area contributed by atoms with Crippen LogP contribution in [-0.4, -0.2) is 29.7 Å². The van der Waals surface area contributed by atoms with Crippen molar-refractivity contribution < 1.29 is 9.59 Å². The summed E-state index contributed by atoms with van der Waals surface area (Å²) in [6, 6.07) is 5.13. The standard InChI is InChI=1S/C13H13BrClNO2/c1-8-7-16(3-2-12(8)17)13(18)9-4-10(14)6-11(15)5-9/h4-6,8H,2-3,7H2,1H3. The third-order valence-corrected chi connectivity index (χ3v) is 3.74. The van der Waals surface area contributed by atoms with Gasteiger partial charge in [0.25, 0.3) is 5.91 Å². The number of piperidine rings is 1. The zero-order valence-corrected chi connectivity index (χ0v) is 12.3. The van der Waals surface area contributed by atoms with Crippen LogP contribution in [0.15, 0.2) is 22.7 Å². The molecule has 3 nitrogen and oxygen atoms in total. The molecule has 1 fully saturated rings. The van der Waals surface area contributed by atoms with Gasteiger partial charge < -0.3 is 4.90 Å². The van der Waals surface area contributed by atoms with Gasteiger partial charge in [0.05, 0.1) is 0 Å². The van der Waals surface area contributed by atoms with E-state index in [-0.39, 0.29) is 17.6 Å². The Hall–Kier alpha value is -0.870. The SMILES string of the molecule is CC1CN(C(=O)c2cc(Cl)cc(Br)c2)CCC1=O. The highest BCUT2D eigenvalue weighted by Crippen LogP contribution is 2.22. The Labute approximate surface area is 119 Å². The van der Waals surface area contributed by atoms with Crippen molar-refractivity contribution in [2.75, 3.05) is 13.1 Å². The Bertz CT molecular complexity index is 484. The second-order valence-electron chi connectivity index (χ2n) is 4.53. The topological polar surface area (TPSA) is 37.4 Å². The van der Waals surface area contributed by atoms with E-state index in [1.807, 2.05) is 6.92 Å². The second-order valence-corrected chi connectivity index (χ2v) is 5.88. The Kier molecular flexibility index (Phi) is 4.07. The quantitative estimate of drug-likeness (QED) is 0.793. The molecule has 0 N–H and O–H groups in total. The number of hydrogen-bond donors (Lipinski definition) is 0. The molecule has 0 bridgehead atoms. The maximum Gasteiger partial charge on any atom is 0.253 e. The molecule has 1 aromatic rings. The highest BCUT2D eigenvalue weighted by molar-refractivity contribution is 9.10. The summed E-state index contributed by atoms with van der Waals surface area (Å²) in [5, 5.41) is 0.522. The molecule has 2 rings (SSSR count). The Morgan fingerprint density at radius 1 is 1.44 bits per heavy atom. The van der Waals surface area contributed by atoms with E-state index in [0.29, 0.717) is 30.1 Å². The highest BCUT2D eigenvalue weighted by Gasteiger charge is 2.27. The largest absolute Gasteiger partial charge is 0.337 e. The normalized spacial score (nSPS) is 20.1. The smallest absolute Gasteiger partial charge is 0.253 e. The summed E-state index contributed by atoms with van der Waals surface area (Å²) >= 11 is 9.25. The van der Waals surface area contributed by atoms with Crippen LogP contribution in [0.3, 0.4) is 0 Å². The lowest BCUT2D eigenvalue weighted by Gasteiger charge is -2.30. The van der Waals surface area contributed by atoms with Crippen molar-refractivity contribution in [2.24, 2.45) is 5.92 Å². The van der Waals surface area contributed by atoms with E-state index < -0.39 is 0 Å². The number of likely N-dealkylation sites (tertiary alicyclic amines) is 1. The Balaban J connectivity index is 2.18. The number of benzene rings is 1. The van der Waals surface area contributed by atoms with Gasteiger partial charge in [-0.05, 0) is 18.2 Å². The molecule has 0 spiro atoms. The molecule has 0 aliphatic carbocycles. The van der Waals surface area contributed by atoms with Crippen LogP contribution in [-0.2, 0) is 4.79 Å². The number of carbonyl (C=O) groups excluding carboxylic acids is 2. The van der Waals surface area contributed by atoms with Crippen molar-refractivity contribution in [1.29, 1.82) is 0 Å². The summed E-state index contributed by atoms with van der Waals surface area (Å²) in [5.41, 5.74) is 0.552. The number of ketones is 1. The minimum absolute atomic E-state index is 0.0717. The molecule has 96 valence electrons. The van der Waals surface area contributed by atoms with Crippen LogP contribution < -0.4 is 0 Å². The molecule has 1 saturated heterocycles. The third kappa shape index (κ3) is 2.93. The summed E-state index contributed by atoms with van der Waals surface area (Å²) < 4.78 is 0.777. The number of rotatable bonds is 1. The fourth-order valence-corrected chi connectivity index (χ4v) is 2.92. The van der Waals surface area contributed by atoms with E-state index in [4.69, 9.17) is 11.6 Å². The van der Waals surface area contributed by atoms with Gasteiger partial charge in [-0.3, -0.25) is 9.59 Å². The molecule has 1 atom stereocenters.